The van der Waals surface area contributed by atoms with Crippen LogP contribution in [0.2, 0.25) is 0 Å². The zero-order valence-corrected chi connectivity index (χ0v) is 26.8. The molecule has 0 unspecified atom stereocenters. The minimum absolute atomic E-state index is 0.579. The van der Waals surface area contributed by atoms with Crippen molar-refractivity contribution in [1.82, 2.24) is 29.1 Å². The van der Waals surface area contributed by atoms with E-state index >= 15 is 0 Å². The van der Waals surface area contributed by atoms with Crippen molar-refractivity contribution in [2.45, 2.75) is 0 Å². The number of hydrogen-bond donors (Lipinski definition) is 0. The Morgan fingerprint density at radius 2 is 1.02 bits per heavy atom. The summed E-state index contributed by atoms with van der Waals surface area (Å²) in [7, 11) is 0. The Morgan fingerprint density at radius 1 is 0.400 bits per heavy atom. The molecule has 4 aromatic heterocycles. The van der Waals surface area contributed by atoms with Gasteiger partial charge in [-0.3, -0.25) is 9.55 Å². The van der Waals surface area contributed by atoms with Gasteiger partial charge in [0.15, 0.2) is 11.6 Å². The highest BCUT2D eigenvalue weighted by atomic mass is 15.2. The van der Waals surface area contributed by atoms with Crippen molar-refractivity contribution in [2.75, 3.05) is 0 Å². The monoisotopic (exact) mass is 640 g/mol. The second kappa shape index (κ2) is 11.4. The van der Waals surface area contributed by atoms with Gasteiger partial charge < -0.3 is 4.57 Å². The lowest BCUT2D eigenvalue weighted by molar-refractivity contribution is 0.953. The highest BCUT2D eigenvalue weighted by Gasteiger charge is 2.20. The van der Waals surface area contributed by atoms with Gasteiger partial charge in [-0.15, -0.1) is 0 Å². The Morgan fingerprint density at radius 3 is 1.76 bits per heavy atom. The third-order valence-corrected chi connectivity index (χ3v) is 9.47. The van der Waals surface area contributed by atoms with Crippen LogP contribution in [0.15, 0.2) is 170 Å². The maximum Gasteiger partial charge on any atom is 0.238 e. The van der Waals surface area contributed by atoms with Gasteiger partial charge in [0.05, 0.1) is 22.1 Å². The summed E-state index contributed by atoms with van der Waals surface area (Å²) in [5.41, 5.74) is 9.62. The predicted molar refractivity (Wildman–Crippen MR) is 203 cm³/mol. The zero-order valence-electron chi connectivity index (χ0n) is 26.8. The SMILES string of the molecule is c1ccc(-c2nc(-c3ccccc3)nc(-n3c4ccccc4c4cc(-c5cccc6c7cnccc7n(-c7ccccc7)c56)ccc43)n2)cc1. The summed E-state index contributed by atoms with van der Waals surface area (Å²) in [4.78, 5) is 19.6. The first-order valence-electron chi connectivity index (χ1n) is 16.7. The highest BCUT2D eigenvalue weighted by Crippen LogP contribution is 2.40. The van der Waals surface area contributed by atoms with Gasteiger partial charge in [0, 0.05) is 56.3 Å². The molecule has 0 aliphatic heterocycles. The van der Waals surface area contributed by atoms with Gasteiger partial charge in [0.1, 0.15) is 0 Å². The number of para-hydroxylation sites is 3. The third-order valence-electron chi connectivity index (χ3n) is 9.47. The summed E-state index contributed by atoms with van der Waals surface area (Å²) in [6.07, 6.45) is 3.84. The Balaban J connectivity index is 1.23. The molecule has 0 saturated heterocycles. The van der Waals surface area contributed by atoms with Gasteiger partial charge in [0.25, 0.3) is 0 Å². The van der Waals surface area contributed by atoms with Gasteiger partial charge in [-0.25, -0.2) is 4.98 Å². The van der Waals surface area contributed by atoms with Crippen molar-refractivity contribution in [2.24, 2.45) is 0 Å². The number of rotatable bonds is 5. The molecule has 0 saturated carbocycles. The molecule has 0 atom stereocenters. The lowest BCUT2D eigenvalue weighted by atomic mass is 10.00. The summed E-state index contributed by atoms with van der Waals surface area (Å²) >= 11 is 0. The summed E-state index contributed by atoms with van der Waals surface area (Å²) in [6.45, 7) is 0. The van der Waals surface area contributed by atoms with E-state index in [1.165, 1.54) is 5.39 Å². The van der Waals surface area contributed by atoms with Crippen LogP contribution in [-0.2, 0) is 0 Å². The van der Waals surface area contributed by atoms with Crippen LogP contribution in [0.25, 0.3) is 89.2 Å². The quantitative estimate of drug-likeness (QED) is 0.188. The third kappa shape index (κ3) is 4.43. The summed E-state index contributed by atoms with van der Waals surface area (Å²) < 4.78 is 4.53. The minimum Gasteiger partial charge on any atom is -0.309 e. The van der Waals surface area contributed by atoms with Gasteiger partial charge >= 0.3 is 0 Å². The molecule has 4 heterocycles. The van der Waals surface area contributed by atoms with Crippen LogP contribution in [0, 0.1) is 0 Å². The number of pyridine rings is 1. The molecule has 0 radical (unpaired) electrons. The van der Waals surface area contributed by atoms with Crippen molar-refractivity contribution < 1.29 is 0 Å². The number of hydrogen-bond acceptors (Lipinski definition) is 4. The molecule has 0 N–H and O–H groups in total. The van der Waals surface area contributed by atoms with E-state index in [0.29, 0.717) is 17.6 Å². The maximum absolute atomic E-state index is 5.09. The average Bonchev–Trinajstić information content (AvgIpc) is 3.71. The molecule has 0 spiro atoms. The summed E-state index contributed by atoms with van der Waals surface area (Å²) in [6, 6.07) is 54.7. The van der Waals surface area contributed by atoms with Crippen LogP contribution in [0.5, 0.6) is 0 Å². The molecule has 6 nitrogen and oxygen atoms in total. The van der Waals surface area contributed by atoms with Crippen molar-refractivity contribution in [3.63, 3.8) is 0 Å². The van der Waals surface area contributed by atoms with Crippen molar-refractivity contribution in [3.05, 3.63) is 170 Å². The largest absolute Gasteiger partial charge is 0.309 e. The second-order valence-corrected chi connectivity index (χ2v) is 12.4. The van der Waals surface area contributed by atoms with Crippen LogP contribution in [-0.4, -0.2) is 29.1 Å². The lowest BCUT2D eigenvalue weighted by Crippen LogP contribution is -2.06. The van der Waals surface area contributed by atoms with Crippen molar-refractivity contribution in [3.8, 4) is 45.5 Å². The molecule has 10 rings (SSSR count). The predicted octanol–water partition coefficient (Wildman–Crippen LogP) is 10.5. The second-order valence-electron chi connectivity index (χ2n) is 12.4. The number of aromatic nitrogens is 6. The standard InChI is InChI=1S/C44H28N6/c1-4-13-29(14-5-1)42-46-43(30-15-6-2-7-16-30)48-44(47-42)50-38-22-11-10-19-34(38)36-27-31(23-24-39(36)50)33-20-12-21-35-37-28-45-26-25-40(37)49(41(33)35)32-17-8-3-9-18-32/h1-28H. The summed E-state index contributed by atoms with van der Waals surface area (Å²) in [5.74, 6) is 1.84. The molecule has 0 fully saturated rings. The van der Waals surface area contributed by atoms with E-state index in [0.717, 1.165) is 66.2 Å². The average molecular weight is 641 g/mol. The van der Waals surface area contributed by atoms with E-state index in [2.05, 4.69) is 111 Å². The molecule has 234 valence electrons. The molecular weight excluding hydrogens is 613 g/mol. The molecule has 0 aliphatic carbocycles. The Labute approximate surface area is 287 Å². The maximum atomic E-state index is 5.09. The number of fused-ring (bicyclic) bond motifs is 6. The minimum atomic E-state index is 0.579. The van der Waals surface area contributed by atoms with E-state index in [1.54, 1.807) is 0 Å². The smallest absolute Gasteiger partial charge is 0.238 e. The Bertz CT molecular complexity index is 2800. The van der Waals surface area contributed by atoms with Crippen LogP contribution >= 0.6 is 0 Å². The van der Waals surface area contributed by atoms with Crippen LogP contribution in [0.3, 0.4) is 0 Å². The Kier molecular flexibility index (Phi) is 6.39. The topological polar surface area (TPSA) is 61.4 Å². The van der Waals surface area contributed by atoms with Crippen LogP contribution in [0.4, 0.5) is 0 Å². The van der Waals surface area contributed by atoms with Gasteiger partial charge in [-0.05, 0) is 42.0 Å². The van der Waals surface area contributed by atoms with E-state index in [-0.39, 0.29) is 0 Å². The fourth-order valence-corrected chi connectivity index (χ4v) is 7.24. The first-order chi connectivity index (χ1) is 24.8. The number of nitrogens with zero attached hydrogens (tertiary/aromatic N) is 6. The first-order valence-corrected chi connectivity index (χ1v) is 16.7. The lowest BCUT2D eigenvalue weighted by Gasteiger charge is -2.12. The number of benzene rings is 6. The van der Waals surface area contributed by atoms with E-state index < -0.39 is 0 Å². The van der Waals surface area contributed by atoms with Crippen LogP contribution in [0.1, 0.15) is 0 Å². The first kappa shape index (κ1) is 28.1. The molecule has 10 aromatic rings. The summed E-state index contributed by atoms with van der Waals surface area (Å²) in [5, 5.41) is 4.56. The van der Waals surface area contributed by atoms with E-state index in [1.807, 2.05) is 73.1 Å². The fraction of sp³-hybridized carbons (Fsp3) is 0. The molecule has 6 heteroatoms. The Hall–Kier alpha value is -6.92. The fourth-order valence-electron chi connectivity index (χ4n) is 7.24. The van der Waals surface area contributed by atoms with Gasteiger partial charge in [0.2, 0.25) is 5.95 Å². The molecule has 50 heavy (non-hydrogen) atoms. The highest BCUT2D eigenvalue weighted by molar-refractivity contribution is 6.15. The van der Waals surface area contributed by atoms with Gasteiger partial charge in [-0.1, -0.05) is 121 Å². The molecular formula is C44H28N6. The van der Waals surface area contributed by atoms with Crippen molar-refractivity contribution >= 4 is 43.6 Å². The molecule has 0 aliphatic rings. The van der Waals surface area contributed by atoms with Crippen molar-refractivity contribution in [1.29, 1.82) is 0 Å². The van der Waals surface area contributed by atoms with E-state index in [4.69, 9.17) is 15.0 Å². The van der Waals surface area contributed by atoms with E-state index in [9.17, 15) is 0 Å². The normalized spacial score (nSPS) is 11.6. The zero-order chi connectivity index (χ0) is 33.0. The molecule has 6 aromatic carbocycles. The molecule has 0 bridgehead atoms. The molecule has 0 amide bonds. The van der Waals surface area contributed by atoms with Crippen LogP contribution < -0.4 is 0 Å². The van der Waals surface area contributed by atoms with Gasteiger partial charge in [-0.2, -0.15) is 9.97 Å².